The molecule has 0 saturated carbocycles. The van der Waals surface area contributed by atoms with Crippen LogP contribution in [0.25, 0.3) is 0 Å². The summed E-state index contributed by atoms with van der Waals surface area (Å²) >= 11 is 0. The van der Waals surface area contributed by atoms with Crippen LogP contribution in [0.1, 0.15) is 36.1 Å². The second-order valence-corrected chi connectivity index (χ2v) is 5.61. The third kappa shape index (κ3) is 3.31. The van der Waals surface area contributed by atoms with Crippen molar-refractivity contribution < 1.29 is 4.74 Å². The second-order valence-electron chi connectivity index (χ2n) is 5.61. The topological polar surface area (TPSA) is 47.3 Å². The average Bonchev–Trinajstić information content (AvgIpc) is 2.27. The zero-order valence-corrected chi connectivity index (χ0v) is 12.4. The van der Waals surface area contributed by atoms with Gasteiger partial charge >= 0.3 is 0 Å². The Bertz CT molecular complexity index is 390. The van der Waals surface area contributed by atoms with Gasteiger partial charge < -0.3 is 4.74 Å². The summed E-state index contributed by atoms with van der Waals surface area (Å²) in [5, 5.41) is 0. The van der Waals surface area contributed by atoms with E-state index in [1.54, 1.807) is 7.11 Å². The summed E-state index contributed by atoms with van der Waals surface area (Å²) in [6.45, 7) is 10.5. The van der Waals surface area contributed by atoms with E-state index in [0.717, 1.165) is 6.42 Å². The number of hydrogen-bond acceptors (Lipinski definition) is 3. The average molecular weight is 250 g/mol. The molecule has 0 saturated heterocycles. The Kier molecular flexibility index (Phi) is 4.91. The van der Waals surface area contributed by atoms with Gasteiger partial charge in [0.2, 0.25) is 0 Å². The standard InChI is InChI=1S/C15H26N2O/c1-10-7-11(2)13(12(3)8-10)9-14(17-16)15(4,5)18-6/h7-8,14,17H,9,16H2,1-6H3. The first-order chi connectivity index (χ1) is 8.31. The van der Waals surface area contributed by atoms with E-state index in [1.807, 2.05) is 0 Å². The molecule has 0 aromatic heterocycles. The van der Waals surface area contributed by atoms with E-state index in [1.165, 1.54) is 22.3 Å². The lowest BCUT2D eigenvalue weighted by Gasteiger charge is -2.33. The molecule has 0 fully saturated rings. The van der Waals surface area contributed by atoms with Gasteiger partial charge in [0.05, 0.1) is 11.6 Å². The Hall–Kier alpha value is -0.900. The maximum atomic E-state index is 5.68. The summed E-state index contributed by atoms with van der Waals surface area (Å²) in [7, 11) is 1.72. The van der Waals surface area contributed by atoms with Crippen LogP contribution >= 0.6 is 0 Å². The molecule has 1 unspecified atom stereocenters. The van der Waals surface area contributed by atoms with Gasteiger partial charge in [-0.1, -0.05) is 17.7 Å². The number of methoxy groups -OCH3 is 1. The van der Waals surface area contributed by atoms with E-state index in [4.69, 9.17) is 10.6 Å². The molecule has 0 aliphatic rings. The zero-order valence-electron chi connectivity index (χ0n) is 12.4. The fourth-order valence-corrected chi connectivity index (χ4v) is 2.38. The van der Waals surface area contributed by atoms with Crippen molar-refractivity contribution in [2.45, 2.75) is 52.7 Å². The van der Waals surface area contributed by atoms with Crippen LogP contribution in [0.4, 0.5) is 0 Å². The molecule has 0 aliphatic carbocycles. The summed E-state index contributed by atoms with van der Waals surface area (Å²) in [4.78, 5) is 0. The number of nitrogens with one attached hydrogen (secondary N) is 1. The predicted molar refractivity (Wildman–Crippen MR) is 76.6 cm³/mol. The van der Waals surface area contributed by atoms with E-state index in [-0.39, 0.29) is 11.6 Å². The molecule has 0 bridgehead atoms. The van der Waals surface area contributed by atoms with Crippen molar-refractivity contribution in [1.82, 2.24) is 5.43 Å². The Balaban J connectivity index is 3.03. The summed E-state index contributed by atoms with van der Waals surface area (Å²) in [5.74, 6) is 5.68. The lowest BCUT2D eigenvalue weighted by molar-refractivity contribution is -0.0101. The number of benzene rings is 1. The van der Waals surface area contributed by atoms with E-state index in [9.17, 15) is 0 Å². The Morgan fingerprint density at radius 3 is 2.11 bits per heavy atom. The van der Waals surface area contributed by atoms with Crippen LogP contribution in [0.3, 0.4) is 0 Å². The van der Waals surface area contributed by atoms with Crippen LogP contribution in [-0.4, -0.2) is 18.8 Å². The first kappa shape index (κ1) is 15.2. The highest BCUT2D eigenvalue weighted by molar-refractivity contribution is 5.38. The molecule has 0 amide bonds. The minimum atomic E-state index is -0.293. The molecule has 3 N–H and O–H groups in total. The molecule has 0 aliphatic heterocycles. The lowest BCUT2D eigenvalue weighted by Crippen LogP contribution is -2.52. The molecule has 102 valence electrons. The number of hydrogen-bond donors (Lipinski definition) is 2. The van der Waals surface area contributed by atoms with Crippen molar-refractivity contribution in [2.24, 2.45) is 5.84 Å². The summed E-state index contributed by atoms with van der Waals surface area (Å²) in [5.41, 5.74) is 7.89. The highest BCUT2D eigenvalue weighted by Crippen LogP contribution is 2.23. The van der Waals surface area contributed by atoms with Crippen molar-refractivity contribution in [2.75, 3.05) is 7.11 Å². The highest BCUT2D eigenvalue weighted by Gasteiger charge is 2.29. The molecular formula is C15H26N2O. The van der Waals surface area contributed by atoms with Crippen molar-refractivity contribution >= 4 is 0 Å². The van der Waals surface area contributed by atoms with Gasteiger partial charge in [-0.15, -0.1) is 0 Å². The Labute approximate surface area is 111 Å². The van der Waals surface area contributed by atoms with E-state index in [0.29, 0.717) is 0 Å². The maximum absolute atomic E-state index is 5.68. The Morgan fingerprint density at radius 1 is 1.22 bits per heavy atom. The molecule has 0 heterocycles. The summed E-state index contributed by atoms with van der Waals surface area (Å²) in [6.07, 6.45) is 0.870. The van der Waals surface area contributed by atoms with Crippen LogP contribution in [0.5, 0.6) is 0 Å². The first-order valence-electron chi connectivity index (χ1n) is 6.39. The molecule has 1 rings (SSSR count). The van der Waals surface area contributed by atoms with Crippen LogP contribution < -0.4 is 11.3 Å². The number of hydrazine groups is 1. The van der Waals surface area contributed by atoms with Gasteiger partial charge in [0.25, 0.3) is 0 Å². The maximum Gasteiger partial charge on any atom is 0.0791 e. The molecule has 0 spiro atoms. The van der Waals surface area contributed by atoms with Gasteiger partial charge in [0.15, 0.2) is 0 Å². The van der Waals surface area contributed by atoms with Crippen molar-refractivity contribution in [3.05, 3.63) is 34.4 Å². The van der Waals surface area contributed by atoms with Crippen LogP contribution in [0.15, 0.2) is 12.1 Å². The van der Waals surface area contributed by atoms with Crippen LogP contribution in [-0.2, 0) is 11.2 Å². The first-order valence-corrected chi connectivity index (χ1v) is 6.39. The predicted octanol–water partition coefficient (Wildman–Crippen LogP) is 2.41. The number of ether oxygens (including phenoxy) is 1. The van der Waals surface area contributed by atoms with Crippen LogP contribution in [0.2, 0.25) is 0 Å². The van der Waals surface area contributed by atoms with Gasteiger partial charge in [0.1, 0.15) is 0 Å². The highest BCUT2D eigenvalue weighted by atomic mass is 16.5. The van der Waals surface area contributed by atoms with Gasteiger partial charge in [-0.05, 0) is 57.7 Å². The van der Waals surface area contributed by atoms with E-state index in [2.05, 4.69) is 52.2 Å². The molecule has 18 heavy (non-hydrogen) atoms. The summed E-state index contributed by atoms with van der Waals surface area (Å²) < 4.78 is 5.52. The van der Waals surface area contributed by atoms with Crippen LogP contribution in [0, 0.1) is 20.8 Å². The fraction of sp³-hybridized carbons (Fsp3) is 0.600. The van der Waals surface area contributed by atoms with E-state index < -0.39 is 0 Å². The fourth-order valence-electron chi connectivity index (χ4n) is 2.38. The van der Waals surface area contributed by atoms with Gasteiger partial charge in [-0.25, -0.2) is 0 Å². The molecule has 0 radical (unpaired) electrons. The number of rotatable bonds is 5. The summed E-state index contributed by atoms with van der Waals surface area (Å²) in [6, 6.07) is 4.52. The third-order valence-electron chi connectivity index (χ3n) is 3.82. The lowest BCUT2D eigenvalue weighted by atomic mass is 9.88. The smallest absolute Gasteiger partial charge is 0.0791 e. The number of nitrogens with two attached hydrogens (primary N) is 1. The molecule has 1 aromatic carbocycles. The van der Waals surface area contributed by atoms with Gasteiger partial charge in [-0.2, -0.15) is 0 Å². The van der Waals surface area contributed by atoms with Crippen molar-refractivity contribution in [3.63, 3.8) is 0 Å². The quantitative estimate of drug-likeness (QED) is 0.623. The van der Waals surface area contributed by atoms with Gasteiger partial charge in [0, 0.05) is 7.11 Å². The Morgan fingerprint density at radius 2 is 1.72 bits per heavy atom. The molecule has 1 atom stereocenters. The van der Waals surface area contributed by atoms with Crippen molar-refractivity contribution in [1.29, 1.82) is 0 Å². The SMILES string of the molecule is COC(C)(C)C(Cc1c(C)cc(C)cc1C)NN. The number of aryl methyl sites for hydroxylation is 3. The molecule has 3 nitrogen and oxygen atoms in total. The molecule has 1 aromatic rings. The zero-order chi connectivity index (χ0) is 13.9. The molecule has 3 heteroatoms. The normalized spacial score (nSPS) is 13.7. The monoisotopic (exact) mass is 250 g/mol. The minimum absolute atomic E-state index is 0.0857. The second kappa shape index (κ2) is 5.83. The van der Waals surface area contributed by atoms with E-state index >= 15 is 0 Å². The largest absolute Gasteiger partial charge is 0.377 e. The van der Waals surface area contributed by atoms with Gasteiger partial charge in [-0.3, -0.25) is 11.3 Å². The third-order valence-corrected chi connectivity index (χ3v) is 3.82. The minimum Gasteiger partial charge on any atom is -0.377 e. The van der Waals surface area contributed by atoms with Crippen molar-refractivity contribution in [3.8, 4) is 0 Å². The molecular weight excluding hydrogens is 224 g/mol.